The first kappa shape index (κ1) is 19.9. The summed E-state index contributed by atoms with van der Waals surface area (Å²) in [6, 6.07) is 17.1. The second kappa shape index (κ2) is 8.97. The number of nitrogens with one attached hydrogen (secondary N) is 2. The lowest BCUT2D eigenvalue weighted by molar-refractivity contribution is -0.116. The number of anilines is 1. The van der Waals surface area contributed by atoms with Crippen molar-refractivity contribution in [3.05, 3.63) is 59.4 Å². The number of aromatic amines is 1. The van der Waals surface area contributed by atoms with Gasteiger partial charge in [0.15, 0.2) is 10.6 Å². The zero-order chi connectivity index (χ0) is 20.9. The first-order valence-electron chi connectivity index (χ1n) is 9.21. The maximum atomic E-state index is 12.6. The van der Waals surface area contributed by atoms with Gasteiger partial charge in [-0.1, -0.05) is 41.7 Å². The quantitative estimate of drug-likeness (QED) is 0.421. The molecule has 4 rings (SSSR count). The summed E-state index contributed by atoms with van der Waals surface area (Å²) in [7, 11) is 0. The molecule has 10 heteroatoms. The van der Waals surface area contributed by atoms with Crippen LogP contribution in [0.5, 0.6) is 5.75 Å². The molecule has 2 aromatic heterocycles. The molecule has 0 atom stereocenters. The Bertz CT molecular complexity index is 1200. The molecule has 0 aliphatic heterocycles. The monoisotopic (exact) mass is 438 g/mol. The van der Waals surface area contributed by atoms with E-state index < -0.39 is 0 Å². The van der Waals surface area contributed by atoms with Crippen molar-refractivity contribution in [2.24, 2.45) is 0 Å². The molecule has 0 spiro atoms. The fourth-order valence-electron chi connectivity index (χ4n) is 2.83. The number of carbonyl (C=O) groups is 1. The molecule has 0 aliphatic carbocycles. The van der Waals surface area contributed by atoms with E-state index in [2.05, 4.69) is 25.7 Å². The lowest BCUT2D eigenvalue weighted by atomic mass is 10.2. The van der Waals surface area contributed by atoms with Crippen molar-refractivity contribution < 1.29 is 9.53 Å². The Balaban J connectivity index is 1.48. The first-order chi connectivity index (χ1) is 14.6. The van der Waals surface area contributed by atoms with Crippen LogP contribution in [0.4, 0.5) is 5.13 Å². The van der Waals surface area contributed by atoms with E-state index in [1.807, 2.05) is 61.5 Å². The van der Waals surface area contributed by atoms with Crippen LogP contribution < -0.4 is 10.1 Å². The van der Waals surface area contributed by atoms with E-state index in [-0.39, 0.29) is 12.5 Å². The van der Waals surface area contributed by atoms with Crippen molar-refractivity contribution in [1.82, 2.24) is 25.0 Å². The largest absolute Gasteiger partial charge is 0.494 e. The molecule has 0 aliphatic rings. The third-order valence-electron chi connectivity index (χ3n) is 4.18. The molecule has 8 nitrogen and oxygen atoms in total. The van der Waals surface area contributed by atoms with Crippen LogP contribution in [0.2, 0.25) is 0 Å². The zero-order valence-electron chi connectivity index (χ0n) is 16.0. The summed E-state index contributed by atoms with van der Waals surface area (Å²) in [6.07, 6.45) is 0. The molecule has 0 radical (unpaired) electrons. The number of amides is 1. The van der Waals surface area contributed by atoms with Gasteiger partial charge in [-0.05, 0) is 43.4 Å². The lowest BCUT2D eigenvalue weighted by Gasteiger charge is -2.07. The number of aromatic nitrogens is 5. The Morgan fingerprint density at radius 3 is 2.63 bits per heavy atom. The number of nitrogens with zero attached hydrogens (tertiary/aromatic N) is 4. The minimum atomic E-state index is -0.268. The predicted molar refractivity (Wildman–Crippen MR) is 118 cm³/mol. The molecule has 2 N–H and O–H groups in total. The van der Waals surface area contributed by atoms with Crippen LogP contribution in [-0.2, 0) is 11.3 Å². The fourth-order valence-corrected chi connectivity index (χ4v) is 3.79. The summed E-state index contributed by atoms with van der Waals surface area (Å²) in [5.41, 5.74) is 1.77. The van der Waals surface area contributed by atoms with Gasteiger partial charge in [0.1, 0.15) is 17.3 Å². The maximum Gasteiger partial charge on any atom is 0.246 e. The fraction of sp³-hybridized carbons (Fsp3) is 0.150. The minimum Gasteiger partial charge on any atom is -0.494 e. The summed E-state index contributed by atoms with van der Waals surface area (Å²) in [4.78, 5) is 12.6. The van der Waals surface area contributed by atoms with Crippen molar-refractivity contribution in [2.75, 3.05) is 11.9 Å². The standard InChI is InChI=1S/C20H18N6O2S2/c1-2-28-15-10-8-13(9-11-15)17-22-25-20(29)26(17)12-16(27)21-19-24-23-18(30-19)14-6-4-3-5-7-14/h3-11H,2,12H2,1H3,(H,25,29)(H,21,24,27). The van der Waals surface area contributed by atoms with Gasteiger partial charge >= 0.3 is 0 Å². The second-order valence-electron chi connectivity index (χ2n) is 6.22. The highest BCUT2D eigenvalue weighted by molar-refractivity contribution is 7.71. The normalized spacial score (nSPS) is 10.7. The Morgan fingerprint density at radius 2 is 1.90 bits per heavy atom. The average Bonchev–Trinajstić information content (AvgIpc) is 3.37. The van der Waals surface area contributed by atoms with E-state index in [9.17, 15) is 4.79 Å². The number of hydrogen-bond donors (Lipinski definition) is 2. The van der Waals surface area contributed by atoms with Gasteiger partial charge in [0.05, 0.1) is 6.61 Å². The Hall–Kier alpha value is -3.37. The number of carbonyl (C=O) groups excluding carboxylic acids is 1. The molecule has 2 aromatic carbocycles. The summed E-state index contributed by atoms with van der Waals surface area (Å²) in [5.74, 6) is 1.07. The molecule has 152 valence electrons. The molecule has 1 amide bonds. The maximum absolute atomic E-state index is 12.6. The highest BCUT2D eigenvalue weighted by Crippen LogP contribution is 2.26. The summed E-state index contributed by atoms with van der Waals surface area (Å²) >= 11 is 6.62. The van der Waals surface area contributed by atoms with Gasteiger partial charge in [0, 0.05) is 11.1 Å². The third-order valence-corrected chi connectivity index (χ3v) is 5.38. The van der Waals surface area contributed by atoms with Gasteiger partial charge in [0.25, 0.3) is 0 Å². The average molecular weight is 439 g/mol. The molecule has 0 bridgehead atoms. The van der Waals surface area contributed by atoms with Gasteiger partial charge in [-0.3, -0.25) is 19.8 Å². The predicted octanol–water partition coefficient (Wildman–Crippen LogP) is 4.16. The van der Waals surface area contributed by atoms with Crippen molar-refractivity contribution >= 4 is 34.6 Å². The van der Waals surface area contributed by atoms with Crippen molar-refractivity contribution in [1.29, 1.82) is 0 Å². The molecule has 2 heterocycles. The van der Waals surface area contributed by atoms with Crippen LogP contribution in [0.3, 0.4) is 0 Å². The molecule has 4 aromatic rings. The van der Waals surface area contributed by atoms with E-state index >= 15 is 0 Å². The number of benzene rings is 2. The first-order valence-corrected chi connectivity index (χ1v) is 10.4. The van der Waals surface area contributed by atoms with Gasteiger partial charge in [-0.25, -0.2) is 0 Å². The van der Waals surface area contributed by atoms with E-state index in [0.717, 1.165) is 21.9 Å². The Morgan fingerprint density at radius 1 is 1.13 bits per heavy atom. The summed E-state index contributed by atoms with van der Waals surface area (Å²) in [6.45, 7) is 2.52. The van der Waals surface area contributed by atoms with Crippen molar-refractivity contribution in [3.8, 4) is 27.7 Å². The van der Waals surface area contributed by atoms with E-state index in [1.54, 1.807) is 4.57 Å². The van der Waals surface area contributed by atoms with Crippen LogP contribution in [0.25, 0.3) is 22.0 Å². The molecular formula is C20H18N6O2S2. The topological polar surface area (TPSA) is 97.7 Å². The van der Waals surface area contributed by atoms with E-state index in [1.165, 1.54) is 11.3 Å². The Labute approximate surface area is 181 Å². The molecule has 0 unspecified atom stereocenters. The highest BCUT2D eigenvalue weighted by atomic mass is 32.1. The number of ether oxygens (including phenoxy) is 1. The van der Waals surface area contributed by atoms with Crippen LogP contribution in [0, 0.1) is 4.77 Å². The van der Waals surface area contributed by atoms with Crippen LogP contribution in [0.1, 0.15) is 6.92 Å². The van der Waals surface area contributed by atoms with E-state index in [4.69, 9.17) is 17.0 Å². The number of H-pyrrole nitrogens is 1. The van der Waals surface area contributed by atoms with Gasteiger partial charge in [-0.15, -0.1) is 10.2 Å². The lowest BCUT2D eigenvalue weighted by Crippen LogP contribution is -2.19. The zero-order valence-corrected chi connectivity index (χ0v) is 17.7. The SMILES string of the molecule is CCOc1ccc(-c2n[nH]c(=S)n2CC(=O)Nc2nnc(-c3ccccc3)s2)cc1. The highest BCUT2D eigenvalue weighted by Gasteiger charge is 2.15. The van der Waals surface area contributed by atoms with E-state index in [0.29, 0.717) is 22.3 Å². The van der Waals surface area contributed by atoms with Crippen molar-refractivity contribution in [3.63, 3.8) is 0 Å². The van der Waals surface area contributed by atoms with Gasteiger partial charge in [0.2, 0.25) is 11.0 Å². The summed E-state index contributed by atoms with van der Waals surface area (Å²) < 4.78 is 7.46. The van der Waals surface area contributed by atoms with Crippen molar-refractivity contribution in [2.45, 2.75) is 13.5 Å². The van der Waals surface area contributed by atoms with Gasteiger partial charge in [-0.2, -0.15) is 5.10 Å². The van der Waals surface area contributed by atoms with Crippen LogP contribution in [-0.4, -0.2) is 37.5 Å². The molecular weight excluding hydrogens is 420 g/mol. The number of hydrogen-bond acceptors (Lipinski definition) is 7. The minimum absolute atomic E-state index is 0.00186. The van der Waals surface area contributed by atoms with Crippen LogP contribution in [0.15, 0.2) is 54.6 Å². The van der Waals surface area contributed by atoms with Gasteiger partial charge < -0.3 is 4.74 Å². The van der Waals surface area contributed by atoms with Crippen LogP contribution >= 0.6 is 23.6 Å². The molecule has 30 heavy (non-hydrogen) atoms. The summed E-state index contributed by atoms with van der Waals surface area (Å²) in [5, 5.41) is 19.2. The molecule has 0 saturated heterocycles. The third kappa shape index (κ3) is 4.44. The second-order valence-corrected chi connectivity index (χ2v) is 7.59. The smallest absolute Gasteiger partial charge is 0.246 e. The Kier molecular flexibility index (Phi) is 5.96. The molecule has 0 saturated carbocycles. The number of rotatable bonds is 7. The molecule has 0 fully saturated rings.